The van der Waals surface area contributed by atoms with Gasteiger partial charge in [0.05, 0.1) is 22.8 Å². The quantitative estimate of drug-likeness (QED) is 0.582. The molecule has 2 atom stereocenters. The molecular formula is C21H26N4O3S2. The van der Waals surface area contributed by atoms with E-state index in [0.29, 0.717) is 13.1 Å². The number of hydrogen-bond acceptors (Lipinski definition) is 5. The highest BCUT2D eigenvalue weighted by atomic mass is 32.2. The molecule has 160 valence electrons. The summed E-state index contributed by atoms with van der Waals surface area (Å²) in [5, 5.41) is 6.76. The minimum atomic E-state index is -3.61. The van der Waals surface area contributed by atoms with E-state index in [0.717, 1.165) is 21.8 Å². The van der Waals surface area contributed by atoms with E-state index in [-0.39, 0.29) is 18.8 Å². The van der Waals surface area contributed by atoms with Gasteiger partial charge in [-0.15, -0.1) is 11.3 Å². The molecule has 2 aromatic heterocycles. The topological polar surface area (TPSA) is 67.7 Å². The van der Waals surface area contributed by atoms with Crippen molar-refractivity contribution >= 4 is 21.5 Å². The Balaban J connectivity index is 1.64. The Morgan fingerprint density at radius 2 is 1.83 bits per heavy atom. The number of thiophene rings is 1. The summed E-state index contributed by atoms with van der Waals surface area (Å²) in [6.07, 6.45) is 1.67. The number of para-hydroxylation sites is 1. The van der Waals surface area contributed by atoms with Gasteiger partial charge in [0.15, 0.2) is 0 Å². The first-order valence-electron chi connectivity index (χ1n) is 9.89. The maximum absolute atomic E-state index is 13.2. The number of rotatable bonds is 6. The van der Waals surface area contributed by atoms with Crippen LogP contribution in [0, 0.1) is 0 Å². The van der Waals surface area contributed by atoms with Crippen molar-refractivity contribution in [3.63, 3.8) is 0 Å². The highest BCUT2D eigenvalue weighted by molar-refractivity contribution is 7.86. The first kappa shape index (κ1) is 21.2. The van der Waals surface area contributed by atoms with Crippen molar-refractivity contribution in [3.05, 3.63) is 59.6 Å². The van der Waals surface area contributed by atoms with Crippen LogP contribution in [0.1, 0.15) is 19.4 Å². The summed E-state index contributed by atoms with van der Waals surface area (Å²) in [4.78, 5) is 1.01. The third-order valence-electron chi connectivity index (χ3n) is 5.06. The average molecular weight is 447 g/mol. The normalized spacial score (nSPS) is 20.7. The lowest BCUT2D eigenvalue weighted by atomic mass is 10.2. The minimum Gasteiger partial charge on any atom is -0.373 e. The number of aromatic nitrogens is 2. The minimum absolute atomic E-state index is 0.126. The molecule has 0 unspecified atom stereocenters. The largest absolute Gasteiger partial charge is 0.373 e. The molecule has 3 heterocycles. The summed E-state index contributed by atoms with van der Waals surface area (Å²) >= 11 is 1.59. The SMILES string of the molecule is C[C@@H]1CN(S(=O)(=O)N(C)Cc2cn(-c3ccccc3)nc2-c2cccs2)C[C@H](C)O1. The van der Waals surface area contributed by atoms with Gasteiger partial charge < -0.3 is 4.74 Å². The molecule has 1 saturated heterocycles. The second-order valence-electron chi connectivity index (χ2n) is 7.60. The predicted octanol–water partition coefficient (Wildman–Crippen LogP) is 3.39. The Labute approximate surface area is 181 Å². The van der Waals surface area contributed by atoms with Crippen LogP contribution in [-0.2, 0) is 21.5 Å². The molecule has 0 N–H and O–H groups in total. The molecule has 1 aromatic carbocycles. The van der Waals surface area contributed by atoms with Gasteiger partial charge in [-0.3, -0.25) is 0 Å². The summed E-state index contributed by atoms with van der Waals surface area (Å²) in [6, 6.07) is 13.8. The molecule has 0 spiro atoms. The number of nitrogens with zero attached hydrogens (tertiary/aromatic N) is 4. The van der Waals surface area contributed by atoms with E-state index in [4.69, 9.17) is 9.84 Å². The smallest absolute Gasteiger partial charge is 0.282 e. The monoisotopic (exact) mass is 446 g/mol. The highest BCUT2D eigenvalue weighted by Crippen LogP contribution is 2.29. The molecule has 1 aliphatic heterocycles. The lowest BCUT2D eigenvalue weighted by Gasteiger charge is -2.36. The van der Waals surface area contributed by atoms with Crippen LogP contribution >= 0.6 is 11.3 Å². The molecule has 9 heteroatoms. The van der Waals surface area contributed by atoms with Crippen molar-refractivity contribution in [1.29, 1.82) is 0 Å². The van der Waals surface area contributed by atoms with Crippen LogP contribution in [0.25, 0.3) is 16.3 Å². The van der Waals surface area contributed by atoms with E-state index in [1.807, 2.05) is 72.6 Å². The van der Waals surface area contributed by atoms with Crippen molar-refractivity contribution < 1.29 is 13.2 Å². The van der Waals surface area contributed by atoms with Crippen molar-refractivity contribution in [2.24, 2.45) is 0 Å². The van der Waals surface area contributed by atoms with Crippen LogP contribution in [0.15, 0.2) is 54.0 Å². The molecule has 0 aliphatic carbocycles. The molecule has 0 radical (unpaired) electrons. The van der Waals surface area contributed by atoms with Gasteiger partial charge in [0.25, 0.3) is 10.2 Å². The van der Waals surface area contributed by atoms with Gasteiger partial charge in [0, 0.05) is 38.4 Å². The second-order valence-corrected chi connectivity index (χ2v) is 10.6. The molecule has 0 amide bonds. The van der Waals surface area contributed by atoms with Gasteiger partial charge in [-0.2, -0.15) is 22.1 Å². The number of ether oxygens (including phenoxy) is 1. The van der Waals surface area contributed by atoms with E-state index in [1.54, 1.807) is 18.4 Å². The maximum Gasteiger partial charge on any atom is 0.282 e. The Morgan fingerprint density at radius 1 is 1.13 bits per heavy atom. The molecule has 3 aromatic rings. The van der Waals surface area contributed by atoms with Crippen LogP contribution in [0.2, 0.25) is 0 Å². The van der Waals surface area contributed by atoms with Gasteiger partial charge in [0.1, 0.15) is 5.69 Å². The second kappa shape index (κ2) is 8.60. The number of benzene rings is 1. The molecule has 4 rings (SSSR count). The fraction of sp³-hybridized carbons (Fsp3) is 0.381. The number of hydrogen-bond donors (Lipinski definition) is 0. The molecule has 1 fully saturated rings. The summed E-state index contributed by atoms with van der Waals surface area (Å²) in [7, 11) is -1.99. The summed E-state index contributed by atoms with van der Waals surface area (Å²) in [5.74, 6) is 0. The van der Waals surface area contributed by atoms with Gasteiger partial charge in [-0.1, -0.05) is 24.3 Å². The fourth-order valence-electron chi connectivity index (χ4n) is 3.70. The summed E-state index contributed by atoms with van der Waals surface area (Å²) < 4.78 is 36.9. The van der Waals surface area contributed by atoms with E-state index in [2.05, 4.69) is 0 Å². The van der Waals surface area contributed by atoms with Crippen LogP contribution in [-0.4, -0.2) is 59.2 Å². The van der Waals surface area contributed by atoms with E-state index < -0.39 is 10.2 Å². The third kappa shape index (κ3) is 4.35. The molecule has 0 bridgehead atoms. The van der Waals surface area contributed by atoms with Crippen LogP contribution in [0.3, 0.4) is 0 Å². The lowest BCUT2D eigenvalue weighted by Crippen LogP contribution is -2.52. The van der Waals surface area contributed by atoms with Gasteiger partial charge in [-0.05, 0) is 37.4 Å². The van der Waals surface area contributed by atoms with Crippen molar-refractivity contribution in [1.82, 2.24) is 18.4 Å². The zero-order valence-electron chi connectivity index (χ0n) is 17.3. The molecule has 7 nitrogen and oxygen atoms in total. The molecular weight excluding hydrogens is 420 g/mol. The Morgan fingerprint density at radius 3 is 2.47 bits per heavy atom. The first-order chi connectivity index (χ1) is 14.3. The third-order valence-corrected chi connectivity index (χ3v) is 7.81. The maximum atomic E-state index is 13.2. The average Bonchev–Trinajstić information content (AvgIpc) is 3.37. The predicted molar refractivity (Wildman–Crippen MR) is 119 cm³/mol. The van der Waals surface area contributed by atoms with E-state index in [1.165, 1.54) is 8.61 Å². The van der Waals surface area contributed by atoms with Gasteiger partial charge >= 0.3 is 0 Å². The molecule has 0 saturated carbocycles. The fourth-order valence-corrected chi connectivity index (χ4v) is 5.93. The number of morpholine rings is 1. The first-order valence-corrected chi connectivity index (χ1v) is 12.2. The van der Waals surface area contributed by atoms with Gasteiger partial charge in [0.2, 0.25) is 0 Å². The van der Waals surface area contributed by atoms with Crippen molar-refractivity contribution in [2.75, 3.05) is 20.1 Å². The Kier molecular flexibility index (Phi) is 6.08. The van der Waals surface area contributed by atoms with Crippen LogP contribution in [0.4, 0.5) is 0 Å². The Bertz CT molecular complexity index is 1070. The zero-order valence-corrected chi connectivity index (χ0v) is 18.9. The van der Waals surface area contributed by atoms with E-state index in [9.17, 15) is 8.42 Å². The van der Waals surface area contributed by atoms with Crippen molar-refractivity contribution in [3.8, 4) is 16.3 Å². The molecule has 1 aliphatic rings. The van der Waals surface area contributed by atoms with Crippen LogP contribution in [0.5, 0.6) is 0 Å². The van der Waals surface area contributed by atoms with E-state index >= 15 is 0 Å². The molecule has 30 heavy (non-hydrogen) atoms. The van der Waals surface area contributed by atoms with Crippen molar-refractivity contribution in [2.45, 2.75) is 32.6 Å². The lowest BCUT2D eigenvalue weighted by molar-refractivity contribution is -0.0453. The Hall–Kier alpha value is -2.04. The van der Waals surface area contributed by atoms with Crippen LogP contribution < -0.4 is 0 Å². The standard InChI is InChI=1S/C21H26N4O3S2/c1-16-12-24(13-17(2)28-16)30(26,27)23(3)14-18-15-25(19-8-5-4-6-9-19)22-21(18)20-10-7-11-29-20/h4-11,15-17H,12-14H2,1-3H3/t16-,17+. The zero-order chi connectivity index (χ0) is 21.3. The summed E-state index contributed by atoms with van der Waals surface area (Å²) in [5.41, 5.74) is 2.60. The highest BCUT2D eigenvalue weighted by Gasteiger charge is 2.34. The van der Waals surface area contributed by atoms with Gasteiger partial charge in [-0.25, -0.2) is 4.68 Å². The summed E-state index contributed by atoms with van der Waals surface area (Å²) in [6.45, 7) is 4.76.